The predicted molar refractivity (Wildman–Crippen MR) is 81.7 cm³/mol. The Morgan fingerprint density at radius 3 is 2.55 bits per heavy atom. The Bertz CT molecular complexity index is 724. The van der Waals surface area contributed by atoms with Gasteiger partial charge in [0, 0.05) is 30.1 Å². The smallest absolute Gasteiger partial charge is 0.204 e. The minimum atomic E-state index is -0.690. The Labute approximate surface area is 128 Å². The van der Waals surface area contributed by atoms with Crippen molar-refractivity contribution in [3.63, 3.8) is 0 Å². The molecule has 0 spiro atoms. The van der Waals surface area contributed by atoms with Crippen molar-refractivity contribution in [1.29, 1.82) is 0 Å². The molecular weight excluding hydrogens is 280 g/mol. The summed E-state index contributed by atoms with van der Waals surface area (Å²) in [5, 5.41) is 23.8. The van der Waals surface area contributed by atoms with Crippen LogP contribution in [0.5, 0.6) is 0 Å². The summed E-state index contributed by atoms with van der Waals surface area (Å²) in [5.41, 5.74) is 1.21. The Hall–Kier alpha value is -2.54. The van der Waals surface area contributed by atoms with E-state index in [0.29, 0.717) is 18.8 Å². The molecule has 0 aliphatic carbocycles. The first-order chi connectivity index (χ1) is 10.5. The first kappa shape index (κ1) is 14.4. The third-order valence-corrected chi connectivity index (χ3v) is 3.43. The van der Waals surface area contributed by atoms with Crippen LogP contribution in [0, 0.1) is 0 Å². The molecule has 2 N–H and O–H groups in total. The molecule has 2 aromatic heterocycles. The first-order valence-corrected chi connectivity index (χ1v) is 7.11. The molecule has 1 aromatic carbocycles. The van der Waals surface area contributed by atoms with Gasteiger partial charge in [-0.25, -0.2) is 4.98 Å². The number of aryl methyl sites for hydroxylation is 1. The zero-order valence-corrected chi connectivity index (χ0v) is 12.6. The number of nitrogens with one attached hydrogen (secondary N) is 1. The molecule has 0 aliphatic rings. The SMILES string of the molecule is CC(C)(O)CCn1ccnc1-c1ccc(-c2nn[nH]n2)cc1. The van der Waals surface area contributed by atoms with Crippen molar-refractivity contribution in [3.05, 3.63) is 36.7 Å². The minimum Gasteiger partial charge on any atom is -0.390 e. The van der Waals surface area contributed by atoms with Gasteiger partial charge in [0.25, 0.3) is 0 Å². The lowest BCUT2D eigenvalue weighted by Gasteiger charge is -2.18. The maximum absolute atomic E-state index is 9.86. The normalized spacial score (nSPS) is 11.8. The van der Waals surface area contributed by atoms with E-state index >= 15 is 0 Å². The fourth-order valence-corrected chi connectivity index (χ4v) is 2.20. The Kier molecular flexibility index (Phi) is 3.72. The van der Waals surface area contributed by atoms with Gasteiger partial charge in [-0.05, 0) is 25.5 Å². The number of hydrogen-bond acceptors (Lipinski definition) is 5. The molecule has 0 aliphatic heterocycles. The van der Waals surface area contributed by atoms with Crippen molar-refractivity contribution in [2.75, 3.05) is 0 Å². The van der Waals surface area contributed by atoms with Gasteiger partial charge in [0.1, 0.15) is 5.82 Å². The zero-order valence-electron chi connectivity index (χ0n) is 12.6. The molecule has 0 saturated heterocycles. The number of aromatic amines is 1. The Morgan fingerprint density at radius 2 is 1.91 bits per heavy atom. The molecule has 0 bridgehead atoms. The summed E-state index contributed by atoms with van der Waals surface area (Å²) < 4.78 is 2.04. The predicted octanol–water partition coefficient (Wildman–Crippen LogP) is 1.89. The largest absolute Gasteiger partial charge is 0.390 e. The standard InChI is InChI=1S/C15H18N6O/c1-15(2,22)7-9-21-10-8-16-14(21)12-5-3-11(4-6-12)13-17-19-20-18-13/h3-6,8,10,22H,7,9H2,1-2H3,(H,17,18,19,20). The summed E-state index contributed by atoms with van der Waals surface area (Å²) in [6, 6.07) is 7.84. The van der Waals surface area contributed by atoms with Crippen molar-refractivity contribution in [3.8, 4) is 22.8 Å². The molecule has 0 unspecified atom stereocenters. The van der Waals surface area contributed by atoms with Crippen LogP contribution in [0.15, 0.2) is 36.7 Å². The summed E-state index contributed by atoms with van der Waals surface area (Å²) in [6.07, 6.45) is 4.36. The monoisotopic (exact) mass is 298 g/mol. The van der Waals surface area contributed by atoms with Gasteiger partial charge < -0.3 is 9.67 Å². The molecule has 0 fully saturated rings. The number of aliphatic hydroxyl groups is 1. The molecule has 2 heterocycles. The summed E-state index contributed by atoms with van der Waals surface area (Å²) in [4.78, 5) is 4.41. The van der Waals surface area contributed by atoms with Gasteiger partial charge in [-0.1, -0.05) is 24.3 Å². The molecule has 22 heavy (non-hydrogen) atoms. The van der Waals surface area contributed by atoms with Crippen molar-refractivity contribution in [1.82, 2.24) is 30.2 Å². The number of rotatable bonds is 5. The lowest BCUT2D eigenvalue weighted by molar-refractivity contribution is 0.0663. The van der Waals surface area contributed by atoms with Crippen LogP contribution in [0.25, 0.3) is 22.8 Å². The van der Waals surface area contributed by atoms with E-state index in [4.69, 9.17) is 0 Å². The highest BCUT2D eigenvalue weighted by atomic mass is 16.3. The highest BCUT2D eigenvalue weighted by Crippen LogP contribution is 2.22. The summed E-state index contributed by atoms with van der Waals surface area (Å²) in [5.74, 6) is 1.45. The van der Waals surface area contributed by atoms with E-state index in [1.807, 2.05) is 48.9 Å². The molecular formula is C15H18N6O. The van der Waals surface area contributed by atoms with Crippen LogP contribution >= 0.6 is 0 Å². The molecule has 0 radical (unpaired) electrons. The third kappa shape index (κ3) is 3.20. The fraction of sp³-hybridized carbons (Fsp3) is 0.333. The van der Waals surface area contributed by atoms with Gasteiger partial charge >= 0.3 is 0 Å². The molecule has 0 atom stereocenters. The number of aromatic nitrogens is 6. The van der Waals surface area contributed by atoms with E-state index < -0.39 is 5.60 Å². The van der Waals surface area contributed by atoms with Crippen molar-refractivity contribution < 1.29 is 5.11 Å². The second kappa shape index (κ2) is 5.69. The number of hydrogen-bond donors (Lipinski definition) is 2. The van der Waals surface area contributed by atoms with E-state index in [9.17, 15) is 5.11 Å². The molecule has 7 nitrogen and oxygen atoms in total. The summed E-state index contributed by atoms with van der Waals surface area (Å²) >= 11 is 0. The van der Waals surface area contributed by atoms with Crippen molar-refractivity contribution >= 4 is 0 Å². The quantitative estimate of drug-likeness (QED) is 0.750. The minimum absolute atomic E-state index is 0.567. The van der Waals surface area contributed by atoms with Gasteiger partial charge in [-0.15, -0.1) is 10.2 Å². The van der Waals surface area contributed by atoms with Gasteiger partial charge in [0.15, 0.2) is 0 Å². The second-order valence-electron chi connectivity index (χ2n) is 5.82. The van der Waals surface area contributed by atoms with Gasteiger partial charge in [-0.2, -0.15) is 5.21 Å². The molecule has 3 rings (SSSR count). The van der Waals surface area contributed by atoms with E-state index in [1.165, 1.54) is 0 Å². The Balaban J connectivity index is 1.81. The van der Waals surface area contributed by atoms with Crippen LogP contribution in [-0.4, -0.2) is 40.9 Å². The van der Waals surface area contributed by atoms with Crippen LogP contribution in [0.1, 0.15) is 20.3 Å². The van der Waals surface area contributed by atoms with E-state index in [2.05, 4.69) is 25.6 Å². The maximum atomic E-state index is 9.86. The maximum Gasteiger partial charge on any atom is 0.204 e. The van der Waals surface area contributed by atoms with E-state index in [1.54, 1.807) is 6.20 Å². The van der Waals surface area contributed by atoms with Crippen LogP contribution in [-0.2, 0) is 6.54 Å². The van der Waals surface area contributed by atoms with Gasteiger partial charge in [-0.3, -0.25) is 0 Å². The first-order valence-electron chi connectivity index (χ1n) is 7.11. The Morgan fingerprint density at radius 1 is 1.18 bits per heavy atom. The van der Waals surface area contributed by atoms with Crippen molar-refractivity contribution in [2.45, 2.75) is 32.4 Å². The van der Waals surface area contributed by atoms with Crippen LogP contribution in [0.4, 0.5) is 0 Å². The molecule has 7 heteroatoms. The van der Waals surface area contributed by atoms with Crippen LogP contribution in [0.2, 0.25) is 0 Å². The summed E-state index contributed by atoms with van der Waals surface area (Å²) in [6.45, 7) is 4.33. The molecule has 0 amide bonds. The number of imidazole rings is 1. The summed E-state index contributed by atoms with van der Waals surface area (Å²) in [7, 11) is 0. The van der Waals surface area contributed by atoms with Crippen molar-refractivity contribution in [2.24, 2.45) is 0 Å². The van der Waals surface area contributed by atoms with Gasteiger partial charge in [0.05, 0.1) is 5.60 Å². The number of H-pyrrole nitrogens is 1. The second-order valence-corrected chi connectivity index (χ2v) is 5.82. The average molecular weight is 298 g/mol. The topological polar surface area (TPSA) is 92.5 Å². The lowest BCUT2D eigenvalue weighted by atomic mass is 10.1. The number of benzene rings is 1. The highest BCUT2D eigenvalue weighted by Gasteiger charge is 2.14. The number of tetrazole rings is 1. The number of nitrogens with zero attached hydrogens (tertiary/aromatic N) is 5. The molecule has 3 aromatic rings. The van der Waals surface area contributed by atoms with E-state index in [-0.39, 0.29) is 0 Å². The lowest BCUT2D eigenvalue weighted by Crippen LogP contribution is -2.21. The van der Waals surface area contributed by atoms with Gasteiger partial charge in [0.2, 0.25) is 5.82 Å². The fourth-order valence-electron chi connectivity index (χ4n) is 2.20. The van der Waals surface area contributed by atoms with E-state index in [0.717, 1.165) is 17.0 Å². The molecule has 114 valence electrons. The average Bonchev–Trinajstić information content (AvgIpc) is 3.16. The van der Waals surface area contributed by atoms with Crippen LogP contribution < -0.4 is 0 Å². The zero-order chi connectivity index (χ0) is 15.6. The van der Waals surface area contributed by atoms with Crippen LogP contribution in [0.3, 0.4) is 0 Å². The molecule has 0 saturated carbocycles. The highest BCUT2D eigenvalue weighted by molar-refractivity contribution is 5.63. The third-order valence-electron chi connectivity index (χ3n) is 3.43.